The molecule has 0 aliphatic rings. The first-order valence-electron chi connectivity index (χ1n) is 3.88. The van der Waals surface area contributed by atoms with Crippen LogP contribution in [0.25, 0.3) is 0 Å². The van der Waals surface area contributed by atoms with Crippen molar-refractivity contribution in [2.75, 3.05) is 0 Å². The van der Waals surface area contributed by atoms with Crippen molar-refractivity contribution in [2.45, 2.75) is 18.9 Å². The normalized spacial score (nSPS) is 15.6. The Hall–Kier alpha value is -0.740. The van der Waals surface area contributed by atoms with Gasteiger partial charge in [-0.05, 0) is 24.6 Å². The number of alkyl halides is 2. The van der Waals surface area contributed by atoms with Crippen molar-refractivity contribution in [3.63, 3.8) is 0 Å². The van der Waals surface area contributed by atoms with Gasteiger partial charge in [0.05, 0.1) is 0 Å². The van der Waals surface area contributed by atoms with Gasteiger partial charge in [0.2, 0.25) is 0 Å². The summed E-state index contributed by atoms with van der Waals surface area (Å²) in [6.45, 7) is 1.15. The number of rotatable bonds is 2. The van der Waals surface area contributed by atoms with Gasteiger partial charge in [0.15, 0.2) is 0 Å². The number of nitrogens with two attached hydrogens (primary N) is 1. The Morgan fingerprint density at radius 2 is 2.00 bits per heavy atom. The van der Waals surface area contributed by atoms with Crippen LogP contribution in [0.4, 0.5) is 13.2 Å². The molecule has 1 rings (SSSR count). The fourth-order valence-electron chi connectivity index (χ4n) is 1.04. The predicted octanol–water partition coefficient (Wildman–Crippen LogP) is 2.92. The molecule has 78 valence electrons. The van der Waals surface area contributed by atoms with Crippen LogP contribution in [0.2, 0.25) is 5.02 Å². The highest BCUT2D eigenvalue weighted by molar-refractivity contribution is 6.31. The molecule has 14 heavy (non-hydrogen) atoms. The average molecular weight is 224 g/mol. The molecule has 0 spiro atoms. The number of hydrogen-bond donors (Lipinski definition) is 1. The quantitative estimate of drug-likeness (QED) is 0.820. The summed E-state index contributed by atoms with van der Waals surface area (Å²) in [4.78, 5) is 0. The molecule has 1 atom stereocenters. The molecule has 1 aromatic carbocycles. The van der Waals surface area contributed by atoms with E-state index in [0.717, 1.165) is 19.1 Å². The van der Waals surface area contributed by atoms with E-state index in [9.17, 15) is 13.2 Å². The van der Waals surface area contributed by atoms with Gasteiger partial charge in [-0.1, -0.05) is 17.7 Å². The Morgan fingerprint density at radius 1 is 1.43 bits per heavy atom. The second-order valence-electron chi connectivity index (χ2n) is 3.21. The van der Waals surface area contributed by atoms with Crippen molar-refractivity contribution in [2.24, 2.45) is 5.73 Å². The SMILES string of the molecule is CC(N)(c1ccc(F)cc1Cl)C(F)F. The minimum absolute atomic E-state index is 0.0376. The molecule has 1 nitrogen and oxygen atoms in total. The molecule has 0 saturated heterocycles. The lowest BCUT2D eigenvalue weighted by molar-refractivity contribution is 0.0625. The first kappa shape index (κ1) is 11.3. The van der Waals surface area contributed by atoms with E-state index in [1.165, 1.54) is 6.07 Å². The Morgan fingerprint density at radius 3 is 2.43 bits per heavy atom. The number of benzene rings is 1. The van der Waals surface area contributed by atoms with Gasteiger partial charge in [0.1, 0.15) is 11.4 Å². The summed E-state index contributed by atoms with van der Waals surface area (Å²) in [5.74, 6) is -0.580. The Labute approximate surface area is 84.7 Å². The van der Waals surface area contributed by atoms with E-state index in [2.05, 4.69) is 0 Å². The van der Waals surface area contributed by atoms with Crippen LogP contribution in [0.3, 0.4) is 0 Å². The summed E-state index contributed by atoms with van der Waals surface area (Å²) >= 11 is 5.60. The molecule has 0 bridgehead atoms. The van der Waals surface area contributed by atoms with E-state index >= 15 is 0 Å². The first-order chi connectivity index (χ1) is 6.35. The van der Waals surface area contributed by atoms with Crippen molar-refractivity contribution >= 4 is 11.6 Å². The maximum atomic E-state index is 12.6. The van der Waals surface area contributed by atoms with Crippen LogP contribution in [0, 0.1) is 5.82 Å². The molecule has 2 N–H and O–H groups in total. The fourth-order valence-corrected chi connectivity index (χ4v) is 1.41. The molecule has 0 aliphatic carbocycles. The zero-order valence-corrected chi connectivity index (χ0v) is 8.15. The van der Waals surface area contributed by atoms with Crippen molar-refractivity contribution in [3.05, 3.63) is 34.6 Å². The molecule has 5 heteroatoms. The smallest absolute Gasteiger partial charge is 0.260 e. The minimum atomic E-state index is -2.76. The molecule has 0 aliphatic heterocycles. The van der Waals surface area contributed by atoms with E-state index in [1.54, 1.807) is 0 Å². The van der Waals surface area contributed by atoms with Gasteiger partial charge < -0.3 is 5.73 Å². The summed E-state index contributed by atoms with van der Waals surface area (Å²) in [7, 11) is 0. The second-order valence-corrected chi connectivity index (χ2v) is 3.61. The van der Waals surface area contributed by atoms with Crippen LogP contribution in [0.5, 0.6) is 0 Å². The van der Waals surface area contributed by atoms with E-state index in [0.29, 0.717) is 0 Å². The van der Waals surface area contributed by atoms with E-state index in [4.69, 9.17) is 17.3 Å². The molecular weight excluding hydrogens is 215 g/mol. The zero-order valence-electron chi connectivity index (χ0n) is 7.40. The maximum Gasteiger partial charge on any atom is 0.260 e. The van der Waals surface area contributed by atoms with Crippen molar-refractivity contribution < 1.29 is 13.2 Å². The van der Waals surface area contributed by atoms with Gasteiger partial charge in [-0.25, -0.2) is 13.2 Å². The molecule has 0 amide bonds. The average Bonchev–Trinajstić information content (AvgIpc) is 2.02. The molecule has 0 radical (unpaired) electrons. The molecule has 0 aromatic heterocycles. The standard InChI is InChI=1S/C9H9ClF3N/c1-9(14,8(12)13)6-3-2-5(11)4-7(6)10/h2-4,8H,14H2,1H3. The van der Waals surface area contributed by atoms with Crippen LogP contribution in [-0.2, 0) is 5.54 Å². The van der Waals surface area contributed by atoms with Crippen LogP contribution in [0.15, 0.2) is 18.2 Å². The van der Waals surface area contributed by atoms with Gasteiger partial charge in [-0.3, -0.25) is 0 Å². The Balaban J connectivity index is 3.19. The van der Waals surface area contributed by atoms with Gasteiger partial charge in [0, 0.05) is 5.02 Å². The molecular formula is C9H9ClF3N. The molecule has 0 saturated carbocycles. The zero-order chi connectivity index (χ0) is 10.9. The topological polar surface area (TPSA) is 26.0 Å². The fraction of sp³-hybridized carbons (Fsp3) is 0.333. The van der Waals surface area contributed by atoms with Crippen LogP contribution in [0.1, 0.15) is 12.5 Å². The number of halogens is 4. The van der Waals surface area contributed by atoms with Gasteiger partial charge in [0.25, 0.3) is 6.43 Å². The maximum absolute atomic E-state index is 12.6. The first-order valence-corrected chi connectivity index (χ1v) is 4.26. The van der Waals surface area contributed by atoms with Crippen molar-refractivity contribution in [3.8, 4) is 0 Å². The molecule has 1 unspecified atom stereocenters. The van der Waals surface area contributed by atoms with E-state index in [1.807, 2.05) is 0 Å². The van der Waals surface area contributed by atoms with Crippen LogP contribution < -0.4 is 5.73 Å². The lowest BCUT2D eigenvalue weighted by atomic mass is 9.94. The highest BCUT2D eigenvalue weighted by Crippen LogP contribution is 2.31. The highest BCUT2D eigenvalue weighted by Gasteiger charge is 2.34. The van der Waals surface area contributed by atoms with Crippen molar-refractivity contribution in [1.82, 2.24) is 0 Å². The Kier molecular flexibility index (Phi) is 3.07. The third-order valence-corrected chi connectivity index (χ3v) is 2.28. The lowest BCUT2D eigenvalue weighted by Crippen LogP contribution is -2.40. The second kappa shape index (κ2) is 3.79. The molecule has 0 heterocycles. The monoisotopic (exact) mass is 223 g/mol. The summed E-state index contributed by atoms with van der Waals surface area (Å²) in [5.41, 5.74) is 3.56. The predicted molar refractivity (Wildman–Crippen MR) is 49.0 cm³/mol. The summed E-state index contributed by atoms with van der Waals surface area (Å²) in [5, 5.41) is -0.0877. The molecule has 0 fully saturated rings. The summed E-state index contributed by atoms with van der Waals surface area (Å²) in [6.07, 6.45) is -2.76. The largest absolute Gasteiger partial charge is 0.317 e. The number of hydrogen-bond acceptors (Lipinski definition) is 1. The van der Waals surface area contributed by atoms with Crippen LogP contribution in [-0.4, -0.2) is 6.43 Å². The summed E-state index contributed by atoms with van der Waals surface area (Å²) in [6, 6.07) is 3.18. The third-order valence-electron chi connectivity index (χ3n) is 1.96. The van der Waals surface area contributed by atoms with Gasteiger partial charge >= 0.3 is 0 Å². The highest BCUT2D eigenvalue weighted by atomic mass is 35.5. The van der Waals surface area contributed by atoms with E-state index < -0.39 is 17.8 Å². The minimum Gasteiger partial charge on any atom is -0.317 e. The summed E-state index contributed by atoms with van der Waals surface area (Å²) < 4.78 is 37.6. The van der Waals surface area contributed by atoms with Gasteiger partial charge in [-0.2, -0.15) is 0 Å². The van der Waals surface area contributed by atoms with Gasteiger partial charge in [-0.15, -0.1) is 0 Å². The lowest BCUT2D eigenvalue weighted by Gasteiger charge is -2.25. The third kappa shape index (κ3) is 2.01. The molecule has 1 aromatic rings. The van der Waals surface area contributed by atoms with Crippen LogP contribution >= 0.6 is 11.6 Å². The van der Waals surface area contributed by atoms with E-state index in [-0.39, 0.29) is 10.6 Å². The Bertz CT molecular complexity index is 339. The van der Waals surface area contributed by atoms with Crippen molar-refractivity contribution in [1.29, 1.82) is 0 Å².